The standard InChI is InChI=1S/C26H39N3O4S.C7H6F2.C2H6/c1-4-16-29(17-18-33-3)34(31,32)25-13-8-12-24(20-25)26(30)28-15-9-14-27-21-23-11-7-6-10-22(5-2)19-23;1-5-2-6(8)4-7(9)3-5;1-2/h7-8,10-13,19-20,27H,4-6,9,14-18,21H2,1-3H3,(H,28,30);2-4H,1H3;1-2H3. The molecular formula is C35H51F2N3O4S. The van der Waals surface area contributed by atoms with E-state index >= 15 is 0 Å². The van der Waals surface area contributed by atoms with Crippen LogP contribution in [0.2, 0.25) is 0 Å². The van der Waals surface area contributed by atoms with E-state index in [1.165, 1.54) is 39.7 Å². The summed E-state index contributed by atoms with van der Waals surface area (Å²) in [6.45, 7) is 12.8. The molecule has 0 aromatic heterocycles. The summed E-state index contributed by atoms with van der Waals surface area (Å²) in [7, 11) is -2.15. The Kier molecular flexibility index (Phi) is 19.8. The van der Waals surface area contributed by atoms with Gasteiger partial charge in [-0.3, -0.25) is 4.79 Å². The van der Waals surface area contributed by atoms with Crippen molar-refractivity contribution in [2.75, 3.05) is 46.4 Å². The number of rotatable bonds is 15. The molecule has 0 atom stereocenters. The van der Waals surface area contributed by atoms with Gasteiger partial charge in [-0.1, -0.05) is 63.6 Å². The minimum atomic E-state index is -3.69. The van der Waals surface area contributed by atoms with Crippen LogP contribution in [-0.4, -0.2) is 65.1 Å². The summed E-state index contributed by atoms with van der Waals surface area (Å²) in [5, 5.41) is 6.30. The Morgan fingerprint density at radius 1 is 1.00 bits per heavy atom. The van der Waals surface area contributed by atoms with Gasteiger partial charge in [-0.15, -0.1) is 0 Å². The van der Waals surface area contributed by atoms with Gasteiger partial charge in [-0.05, 0) is 80.6 Å². The number of ether oxygens (including phenoxy) is 1. The average Bonchev–Trinajstić information content (AvgIpc) is 3.26. The first-order chi connectivity index (χ1) is 21.6. The Labute approximate surface area is 269 Å². The molecule has 0 fully saturated rings. The monoisotopic (exact) mass is 647 g/mol. The van der Waals surface area contributed by atoms with Crippen molar-refractivity contribution in [2.45, 2.75) is 65.2 Å². The quantitative estimate of drug-likeness (QED) is 0.204. The molecule has 3 rings (SSSR count). The van der Waals surface area contributed by atoms with Crippen LogP contribution in [0.1, 0.15) is 69.3 Å². The maximum Gasteiger partial charge on any atom is 0.251 e. The third-order valence-electron chi connectivity index (χ3n) is 6.53. The molecule has 10 heteroatoms. The summed E-state index contributed by atoms with van der Waals surface area (Å²) >= 11 is 0. The molecular weight excluding hydrogens is 596 g/mol. The molecule has 2 aromatic carbocycles. The first-order valence-corrected chi connectivity index (χ1v) is 17.1. The van der Waals surface area contributed by atoms with Crippen molar-refractivity contribution in [1.29, 1.82) is 0 Å². The molecule has 1 aliphatic rings. The molecule has 0 bridgehead atoms. The molecule has 1 aliphatic carbocycles. The molecule has 0 unspecified atom stereocenters. The number of nitrogens with one attached hydrogen (secondary N) is 2. The van der Waals surface area contributed by atoms with Crippen molar-refractivity contribution in [3.8, 4) is 0 Å². The number of carbonyl (C=O) groups is 1. The summed E-state index contributed by atoms with van der Waals surface area (Å²) in [6, 6.07) is 9.63. The maximum atomic E-state index is 13.0. The van der Waals surface area contributed by atoms with Gasteiger partial charge in [0.2, 0.25) is 10.0 Å². The van der Waals surface area contributed by atoms with Crippen molar-refractivity contribution in [3.05, 3.63) is 101 Å². The lowest BCUT2D eigenvalue weighted by Gasteiger charge is -2.21. The van der Waals surface area contributed by atoms with Gasteiger partial charge in [0.05, 0.1) is 11.5 Å². The normalized spacial score (nSPS) is 12.6. The van der Waals surface area contributed by atoms with E-state index in [4.69, 9.17) is 4.74 Å². The van der Waals surface area contributed by atoms with Crippen molar-refractivity contribution in [2.24, 2.45) is 0 Å². The summed E-state index contributed by atoms with van der Waals surface area (Å²) in [4.78, 5) is 12.7. The van der Waals surface area contributed by atoms with E-state index < -0.39 is 21.7 Å². The Hall–Kier alpha value is -3.18. The van der Waals surface area contributed by atoms with Crippen LogP contribution in [0.4, 0.5) is 8.78 Å². The molecule has 1 amide bonds. The molecule has 2 N–H and O–H groups in total. The molecule has 0 saturated heterocycles. The van der Waals surface area contributed by atoms with Crippen LogP contribution in [0.15, 0.2) is 82.8 Å². The SMILES string of the molecule is CC.CCCN(CCOC)S(=O)(=O)c1cccc(C(=O)NCCCNCC2=CC(CC)=CCC=C2)c1.Cc1cc(F)cc(F)c1. The van der Waals surface area contributed by atoms with Gasteiger partial charge in [0, 0.05) is 44.9 Å². The van der Waals surface area contributed by atoms with Gasteiger partial charge in [0.1, 0.15) is 11.6 Å². The highest BCUT2D eigenvalue weighted by Gasteiger charge is 2.24. The summed E-state index contributed by atoms with van der Waals surface area (Å²) < 4.78 is 56.9. The number of halogens is 2. The molecule has 7 nitrogen and oxygen atoms in total. The van der Waals surface area contributed by atoms with Crippen molar-refractivity contribution < 1.29 is 26.7 Å². The Morgan fingerprint density at radius 2 is 1.71 bits per heavy atom. The van der Waals surface area contributed by atoms with E-state index in [0.717, 1.165) is 38.4 Å². The molecule has 0 spiro atoms. The van der Waals surface area contributed by atoms with Crippen LogP contribution in [-0.2, 0) is 14.8 Å². The molecule has 45 heavy (non-hydrogen) atoms. The van der Waals surface area contributed by atoms with Crippen molar-refractivity contribution >= 4 is 15.9 Å². The molecule has 2 aromatic rings. The van der Waals surface area contributed by atoms with Crippen LogP contribution < -0.4 is 10.6 Å². The van der Waals surface area contributed by atoms with Crippen LogP contribution in [0.5, 0.6) is 0 Å². The van der Waals surface area contributed by atoms with E-state index in [9.17, 15) is 22.0 Å². The highest BCUT2D eigenvalue weighted by Crippen LogP contribution is 2.18. The predicted molar refractivity (Wildman–Crippen MR) is 180 cm³/mol. The third kappa shape index (κ3) is 15.1. The number of sulfonamides is 1. The van der Waals surface area contributed by atoms with Crippen molar-refractivity contribution in [1.82, 2.24) is 14.9 Å². The highest BCUT2D eigenvalue weighted by molar-refractivity contribution is 7.89. The van der Waals surface area contributed by atoms with Crippen LogP contribution in [0.25, 0.3) is 0 Å². The zero-order valence-corrected chi connectivity index (χ0v) is 28.5. The van der Waals surface area contributed by atoms with Gasteiger partial charge in [0.25, 0.3) is 5.91 Å². The minimum absolute atomic E-state index is 0.122. The molecule has 0 aliphatic heterocycles. The van der Waals surface area contributed by atoms with Gasteiger partial charge in [0.15, 0.2) is 0 Å². The van der Waals surface area contributed by atoms with Crippen LogP contribution in [0.3, 0.4) is 0 Å². The number of benzene rings is 2. The molecule has 250 valence electrons. The Morgan fingerprint density at radius 3 is 2.33 bits per heavy atom. The largest absolute Gasteiger partial charge is 0.383 e. The van der Waals surface area contributed by atoms with E-state index in [-0.39, 0.29) is 17.3 Å². The first-order valence-electron chi connectivity index (χ1n) is 15.7. The van der Waals surface area contributed by atoms with Crippen LogP contribution in [0, 0.1) is 18.6 Å². The predicted octanol–water partition coefficient (Wildman–Crippen LogP) is 6.97. The fraction of sp³-hybridized carbons (Fsp3) is 0.457. The van der Waals surface area contributed by atoms with E-state index in [1.54, 1.807) is 26.2 Å². The van der Waals surface area contributed by atoms with Gasteiger partial charge in [-0.2, -0.15) is 4.31 Å². The van der Waals surface area contributed by atoms with E-state index in [2.05, 4.69) is 41.9 Å². The lowest BCUT2D eigenvalue weighted by Crippen LogP contribution is -2.35. The van der Waals surface area contributed by atoms with E-state index in [1.807, 2.05) is 20.8 Å². The number of methoxy groups -OCH3 is 1. The number of nitrogens with zero attached hydrogens (tertiary/aromatic N) is 1. The minimum Gasteiger partial charge on any atom is -0.383 e. The second-order valence-corrected chi connectivity index (χ2v) is 12.1. The summed E-state index contributed by atoms with van der Waals surface area (Å²) in [5.74, 6) is -1.32. The number of allylic oxidation sites excluding steroid dienone is 4. The maximum absolute atomic E-state index is 13.0. The molecule has 0 saturated carbocycles. The van der Waals surface area contributed by atoms with Gasteiger partial charge >= 0.3 is 0 Å². The third-order valence-corrected chi connectivity index (χ3v) is 8.43. The second-order valence-electron chi connectivity index (χ2n) is 10.1. The smallest absolute Gasteiger partial charge is 0.251 e. The van der Waals surface area contributed by atoms with Gasteiger partial charge < -0.3 is 15.4 Å². The zero-order valence-electron chi connectivity index (χ0n) is 27.7. The van der Waals surface area contributed by atoms with Crippen LogP contribution >= 0.6 is 0 Å². The van der Waals surface area contributed by atoms with Gasteiger partial charge in [-0.25, -0.2) is 17.2 Å². The number of hydrogen-bond acceptors (Lipinski definition) is 5. The average molecular weight is 648 g/mol. The Bertz CT molecular complexity index is 1320. The number of hydrogen-bond donors (Lipinski definition) is 2. The number of aryl methyl sites for hydroxylation is 1. The highest BCUT2D eigenvalue weighted by atomic mass is 32.2. The van der Waals surface area contributed by atoms with Crippen molar-refractivity contribution in [3.63, 3.8) is 0 Å². The fourth-order valence-electron chi connectivity index (χ4n) is 4.32. The zero-order chi connectivity index (χ0) is 33.7. The van der Waals surface area contributed by atoms with E-state index in [0.29, 0.717) is 37.2 Å². The lowest BCUT2D eigenvalue weighted by molar-refractivity contribution is 0.0953. The second kappa shape index (κ2) is 22.3. The summed E-state index contributed by atoms with van der Waals surface area (Å²) in [6.07, 6.45) is 12.3. The molecule has 0 radical (unpaired) electrons. The number of carbonyl (C=O) groups excluding carboxylic acids is 1. The number of amides is 1. The first kappa shape index (κ1) is 39.8. The summed E-state index contributed by atoms with van der Waals surface area (Å²) in [5.41, 5.74) is 3.56. The fourth-order valence-corrected chi connectivity index (χ4v) is 5.89. The molecule has 0 heterocycles. The Balaban J connectivity index is 0.000000777. The topological polar surface area (TPSA) is 87.7 Å². The lowest BCUT2D eigenvalue weighted by atomic mass is 10.1.